The van der Waals surface area contributed by atoms with Crippen molar-refractivity contribution in [1.29, 1.82) is 0 Å². The first kappa shape index (κ1) is 28.4. The first-order valence-corrected chi connectivity index (χ1v) is 15.0. The van der Waals surface area contributed by atoms with Crippen LogP contribution in [-0.2, 0) is 19.1 Å². The second-order valence-electron chi connectivity index (χ2n) is 14.0. The zero-order chi connectivity index (χ0) is 27.2. The molecule has 0 amide bonds. The first-order chi connectivity index (χ1) is 17.4. The van der Waals surface area contributed by atoms with Crippen molar-refractivity contribution in [2.45, 2.75) is 131 Å². The summed E-state index contributed by atoms with van der Waals surface area (Å²) in [6.07, 6.45) is 11.0. The van der Waals surface area contributed by atoms with E-state index >= 15 is 0 Å². The third-order valence-corrected chi connectivity index (χ3v) is 11.5. The van der Waals surface area contributed by atoms with Crippen molar-refractivity contribution >= 4 is 17.7 Å². The van der Waals surface area contributed by atoms with Crippen LogP contribution in [0.2, 0.25) is 0 Å². The lowest BCUT2D eigenvalue weighted by atomic mass is 9.42. The average Bonchev–Trinajstić information content (AvgIpc) is 3.15. The van der Waals surface area contributed by atoms with Gasteiger partial charge < -0.3 is 14.7 Å². The highest BCUT2D eigenvalue weighted by Crippen LogP contribution is 2.69. The number of hydrogen-bond acceptors (Lipinski definition) is 6. The fraction of sp³-hybridized carbons (Fsp3) is 0.903. The maximum atomic E-state index is 12.5. The quantitative estimate of drug-likeness (QED) is 0.220. The van der Waals surface area contributed by atoms with Gasteiger partial charge in [-0.1, -0.05) is 59.0 Å². The van der Waals surface area contributed by atoms with Gasteiger partial charge in [-0.2, -0.15) is 0 Å². The second kappa shape index (κ2) is 10.5. The van der Waals surface area contributed by atoms with E-state index in [4.69, 9.17) is 9.47 Å². The first-order valence-electron chi connectivity index (χ1n) is 15.0. The van der Waals surface area contributed by atoms with Gasteiger partial charge in [-0.25, -0.2) is 0 Å². The lowest BCUT2D eigenvalue weighted by Crippen LogP contribution is -2.68. The Hall–Kier alpha value is -1.59. The average molecular weight is 518 g/mol. The highest BCUT2D eigenvalue weighted by atomic mass is 16.6. The molecule has 4 saturated carbocycles. The second-order valence-corrected chi connectivity index (χ2v) is 14.0. The number of nitrogens with zero attached hydrogens (tertiary/aromatic N) is 1. The fourth-order valence-electron chi connectivity index (χ4n) is 9.95. The van der Waals surface area contributed by atoms with Crippen LogP contribution in [-0.4, -0.2) is 34.6 Å². The number of hydrogen-bond donors (Lipinski definition) is 1. The van der Waals surface area contributed by atoms with Gasteiger partial charge in [0.15, 0.2) is 5.60 Å². The van der Waals surface area contributed by atoms with Gasteiger partial charge in [0.25, 0.3) is 0 Å². The maximum absolute atomic E-state index is 12.5. The van der Waals surface area contributed by atoms with Crippen LogP contribution >= 0.6 is 0 Å². The monoisotopic (exact) mass is 517 g/mol. The molecule has 0 aromatic rings. The van der Waals surface area contributed by atoms with Crippen molar-refractivity contribution in [3.05, 3.63) is 0 Å². The van der Waals surface area contributed by atoms with E-state index in [0.29, 0.717) is 41.7 Å². The predicted molar refractivity (Wildman–Crippen MR) is 144 cm³/mol. The number of oxime groups is 1. The summed E-state index contributed by atoms with van der Waals surface area (Å²) in [5.74, 6) is 2.96. The Morgan fingerprint density at radius 2 is 1.73 bits per heavy atom. The van der Waals surface area contributed by atoms with E-state index in [1.807, 2.05) is 0 Å². The molecule has 0 aliphatic heterocycles. The SMILES string of the molecule is CC(=O)O[C@H]1CC[C@]2(C)[C@H]3CC[C@]4(C)[C@@H]([C@H](C)CCCC(C)C)CC[C@H]4[C@@H]3C/C(=N\O)[C@@]2(OC(C)=O)C1. The molecule has 1 N–H and O–H groups in total. The minimum atomic E-state index is -1.02. The molecular formula is C31H51NO5. The molecule has 4 aliphatic rings. The molecule has 4 rings (SSSR count). The summed E-state index contributed by atoms with van der Waals surface area (Å²) in [6.45, 7) is 14.8. The van der Waals surface area contributed by atoms with Crippen LogP contribution in [0.1, 0.15) is 119 Å². The van der Waals surface area contributed by atoms with Gasteiger partial charge in [0.2, 0.25) is 0 Å². The van der Waals surface area contributed by atoms with Crippen molar-refractivity contribution in [2.75, 3.05) is 0 Å². The number of carbonyl (C=O) groups is 2. The molecule has 0 aromatic heterocycles. The van der Waals surface area contributed by atoms with Gasteiger partial charge in [-0.3, -0.25) is 9.59 Å². The molecule has 37 heavy (non-hydrogen) atoms. The van der Waals surface area contributed by atoms with Crippen LogP contribution in [0, 0.1) is 46.3 Å². The smallest absolute Gasteiger partial charge is 0.303 e. The Morgan fingerprint density at radius 1 is 1.00 bits per heavy atom. The number of esters is 2. The van der Waals surface area contributed by atoms with Crippen LogP contribution < -0.4 is 0 Å². The minimum Gasteiger partial charge on any atom is -0.462 e. The summed E-state index contributed by atoms with van der Waals surface area (Å²) in [4.78, 5) is 24.3. The van der Waals surface area contributed by atoms with Crippen molar-refractivity contribution in [3.63, 3.8) is 0 Å². The molecule has 0 radical (unpaired) electrons. The lowest BCUT2D eigenvalue weighted by Gasteiger charge is -2.64. The van der Waals surface area contributed by atoms with E-state index in [2.05, 4.69) is 39.8 Å². The molecule has 9 atom stereocenters. The van der Waals surface area contributed by atoms with Gasteiger partial charge >= 0.3 is 11.9 Å². The van der Waals surface area contributed by atoms with Gasteiger partial charge in [0.05, 0.1) is 0 Å². The van der Waals surface area contributed by atoms with Crippen molar-refractivity contribution in [3.8, 4) is 0 Å². The maximum Gasteiger partial charge on any atom is 0.303 e. The zero-order valence-electron chi connectivity index (χ0n) is 24.3. The van der Waals surface area contributed by atoms with E-state index in [0.717, 1.165) is 37.0 Å². The number of carbonyl (C=O) groups excluding carboxylic acids is 2. The molecule has 0 aromatic carbocycles. The summed E-state index contributed by atoms with van der Waals surface area (Å²) in [5.41, 5.74) is -0.474. The summed E-state index contributed by atoms with van der Waals surface area (Å²) < 4.78 is 11.8. The molecule has 0 bridgehead atoms. The van der Waals surface area contributed by atoms with Gasteiger partial charge in [-0.05, 0) is 85.9 Å². The van der Waals surface area contributed by atoms with Crippen LogP contribution in [0.15, 0.2) is 5.16 Å². The Morgan fingerprint density at radius 3 is 2.35 bits per heavy atom. The van der Waals surface area contributed by atoms with E-state index in [1.165, 1.54) is 52.4 Å². The minimum absolute atomic E-state index is 0.311. The standard InChI is InChI=1S/C31H51NO5/c1-19(2)9-8-10-20(3)25-11-12-26-24-17-28(32-35)31(37-22(5)34)18-23(36-21(4)33)13-16-30(31,7)27(24)14-15-29(25,26)6/h19-20,23-27,35H,8-18H2,1-7H3/b32-28+/t20-,23+,24+,25-,26+,27+,29-,30-,31+/m1/s1. The lowest BCUT2D eigenvalue weighted by molar-refractivity contribution is -0.204. The molecule has 0 saturated heterocycles. The van der Waals surface area contributed by atoms with E-state index in [1.54, 1.807) is 0 Å². The van der Waals surface area contributed by atoms with Crippen molar-refractivity contribution < 1.29 is 24.3 Å². The number of rotatable bonds is 7. The van der Waals surface area contributed by atoms with E-state index in [-0.39, 0.29) is 23.5 Å². The molecule has 0 unspecified atom stereocenters. The van der Waals surface area contributed by atoms with Crippen LogP contribution in [0.4, 0.5) is 0 Å². The molecule has 6 nitrogen and oxygen atoms in total. The summed E-state index contributed by atoms with van der Waals surface area (Å²) >= 11 is 0. The van der Waals surface area contributed by atoms with Crippen molar-refractivity contribution in [1.82, 2.24) is 0 Å². The summed E-state index contributed by atoms with van der Waals surface area (Å²) in [5, 5.41) is 14.2. The molecular weight excluding hydrogens is 466 g/mol. The molecule has 4 aliphatic carbocycles. The largest absolute Gasteiger partial charge is 0.462 e. The molecule has 6 heteroatoms. The Labute approximate surface area is 224 Å². The van der Waals surface area contributed by atoms with Gasteiger partial charge in [-0.15, -0.1) is 0 Å². The molecule has 0 spiro atoms. The molecule has 4 fully saturated rings. The fourth-order valence-corrected chi connectivity index (χ4v) is 9.95. The molecule has 0 heterocycles. The number of ether oxygens (including phenoxy) is 2. The Bertz CT molecular complexity index is 900. The third kappa shape index (κ3) is 4.84. The normalized spacial score (nSPS) is 43.0. The van der Waals surface area contributed by atoms with Gasteiger partial charge in [0, 0.05) is 25.7 Å². The van der Waals surface area contributed by atoms with Gasteiger partial charge in [0.1, 0.15) is 11.8 Å². The topological polar surface area (TPSA) is 85.2 Å². The predicted octanol–water partition coefficient (Wildman–Crippen LogP) is 7.17. The van der Waals surface area contributed by atoms with Crippen LogP contribution in [0.5, 0.6) is 0 Å². The van der Waals surface area contributed by atoms with Crippen LogP contribution in [0.25, 0.3) is 0 Å². The molecule has 210 valence electrons. The summed E-state index contributed by atoms with van der Waals surface area (Å²) in [6, 6.07) is 0. The Kier molecular flexibility index (Phi) is 8.08. The highest BCUT2D eigenvalue weighted by Gasteiger charge is 2.69. The summed E-state index contributed by atoms with van der Waals surface area (Å²) in [7, 11) is 0. The van der Waals surface area contributed by atoms with Crippen LogP contribution in [0.3, 0.4) is 0 Å². The highest BCUT2D eigenvalue weighted by molar-refractivity contribution is 5.96. The van der Waals surface area contributed by atoms with E-state index < -0.39 is 5.60 Å². The van der Waals surface area contributed by atoms with E-state index in [9.17, 15) is 14.8 Å². The zero-order valence-corrected chi connectivity index (χ0v) is 24.3. The number of fused-ring (bicyclic) bond motifs is 5. The Balaban J connectivity index is 1.63. The third-order valence-electron chi connectivity index (χ3n) is 11.5. The van der Waals surface area contributed by atoms with Crippen molar-refractivity contribution in [2.24, 2.45) is 51.5 Å².